The highest BCUT2D eigenvalue weighted by Gasteiger charge is 2.27. The zero-order valence-electron chi connectivity index (χ0n) is 16.3. The Balaban J connectivity index is 1.52. The number of aryl methyl sites for hydroxylation is 1. The van der Waals surface area contributed by atoms with E-state index < -0.39 is 10.0 Å². The van der Waals surface area contributed by atoms with Crippen LogP contribution in [0.25, 0.3) is 0 Å². The van der Waals surface area contributed by atoms with E-state index in [2.05, 4.69) is 51.7 Å². The summed E-state index contributed by atoms with van der Waals surface area (Å²) in [6, 6.07) is 8.97. The van der Waals surface area contributed by atoms with Crippen molar-refractivity contribution < 1.29 is 8.42 Å². The van der Waals surface area contributed by atoms with E-state index in [-0.39, 0.29) is 5.75 Å². The summed E-state index contributed by atoms with van der Waals surface area (Å²) in [5.41, 5.74) is 2.53. The van der Waals surface area contributed by atoms with E-state index in [4.69, 9.17) is 0 Å². The molecule has 2 saturated heterocycles. The number of nitrogens with zero attached hydrogens (tertiary/aromatic N) is 3. The average Bonchev–Trinajstić information content (AvgIpc) is 3.22. The van der Waals surface area contributed by atoms with Crippen LogP contribution >= 0.6 is 0 Å². The molecule has 0 amide bonds. The summed E-state index contributed by atoms with van der Waals surface area (Å²) in [6.07, 6.45) is 1.78. The van der Waals surface area contributed by atoms with Crippen molar-refractivity contribution in [3.63, 3.8) is 0 Å². The second kappa shape index (κ2) is 8.93. The van der Waals surface area contributed by atoms with Gasteiger partial charge in [0.1, 0.15) is 0 Å². The summed E-state index contributed by atoms with van der Waals surface area (Å²) in [5.74, 6) is 1.04. The molecule has 0 aromatic heterocycles. The highest BCUT2D eigenvalue weighted by molar-refractivity contribution is 7.89. The zero-order valence-corrected chi connectivity index (χ0v) is 17.1. The van der Waals surface area contributed by atoms with Crippen LogP contribution in [0.2, 0.25) is 0 Å². The van der Waals surface area contributed by atoms with Crippen molar-refractivity contribution in [2.45, 2.75) is 32.7 Å². The molecule has 2 aliphatic heterocycles. The molecule has 1 unspecified atom stereocenters. The first-order valence-electron chi connectivity index (χ1n) is 9.82. The fourth-order valence-corrected chi connectivity index (χ4v) is 5.12. The number of rotatable bonds is 6. The molecule has 27 heavy (non-hydrogen) atoms. The van der Waals surface area contributed by atoms with Gasteiger partial charge in [0.05, 0.1) is 12.3 Å². The van der Waals surface area contributed by atoms with Gasteiger partial charge in [0, 0.05) is 44.5 Å². The van der Waals surface area contributed by atoms with Crippen molar-refractivity contribution in [2.24, 2.45) is 4.99 Å². The fourth-order valence-electron chi connectivity index (χ4n) is 3.60. The number of hydrogen-bond acceptors (Lipinski definition) is 4. The van der Waals surface area contributed by atoms with Gasteiger partial charge in [-0.15, -0.1) is 0 Å². The van der Waals surface area contributed by atoms with Crippen molar-refractivity contribution >= 4 is 21.7 Å². The largest absolute Gasteiger partial charge is 0.369 e. The lowest BCUT2D eigenvalue weighted by Crippen LogP contribution is -2.45. The second-order valence-electron chi connectivity index (χ2n) is 7.24. The summed E-state index contributed by atoms with van der Waals surface area (Å²) < 4.78 is 25.3. The van der Waals surface area contributed by atoms with Crippen LogP contribution in [0.1, 0.15) is 25.3 Å². The summed E-state index contributed by atoms with van der Waals surface area (Å²) >= 11 is 0. The van der Waals surface area contributed by atoms with Crippen molar-refractivity contribution in [1.82, 2.24) is 14.9 Å². The monoisotopic (exact) mass is 393 g/mol. The average molecular weight is 394 g/mol. The first-order valence-corrected chi connectivity index (χ1v) is 11.4. The first-order chi connectivity index (χ1) is 13.0. The van der Waals surface area contributed by atoms with Crippen LogP contribution in [0.5, 0.6) is 0 Å². The van der Waals surface area contributed by atoms with E-state index in [0.29, 0.717) is 25.7 Å². The Morgan fingerprint density at radius 1 is 1.26 bits per heavy atom. The van der Waals surface area contributed by atoms with Gasteiger partial charge in [0.15, 0.2) is 5.96 Å². The molecular formula is C19H31N5O2S. The second-order valence-corrected chi connectivity index (χ2v) is 9.33. The van der Waals surface area contributed by atoms with Gasteiger partial charge in [-0.25, -0.2) is 12.7 Å². The number of sulfonamides is 1. The Labute approximate surface area is 162 Å². The third-order valence-electron chi connectivity index (χ3n) is 5.09. The molecule has 0 radical (unpaired) electrons. The molecule has 2 fully saturated rings. The van der Waals surface area contributed by atoms with Gasteiger partial charge in [0.2, 0.25) is 10.0 Å². The van der Waals surface area contributed by atoms with E-state index in [1.54, 1.807) is 4.31 Å². The zero-order chi connectivity index (χ0) is 19.3. The normalized spacial score (nSPS) is 23.0. The molecule has 0 bridgehead atoms. The number of guanidine groups is 1. The molecule has 0 aliphatic carbocycles. The number of nitrogens with one attached hydrogen (secondary N) is 2. The fraction of sp³-hybridized carbons (Fsp3) is 0.632. The van der Waals surface area contributed by atoms with Crippen LogP contribution in [-0.2, 0) is 10.0 Å². The summed E-state index contributed by atoms with van der Waals surface area (Å²) in [7, 11) is -3.04. The number of benzene rings is 1. The molecule has 0 spiro atoms. The van der Waals surface area contributed by atoms with Crippen LogP contribution in [0.15, 0.2) is 29.3 Å². The molecule has 7 nitrogen and oxygen atoms in total. The minimum Gasteiger partial charge on any atom is -0.369 e. The van der Waals surface area contributed by atoms with Crippen LogP contribution < -0.4 is 15.5 Å². The van der Waals surface area contributed by atoms with E-state index >= 15 is 0 Å². The van der Waals surface area contributed by atoms with Gasteiger partial charge in [0.25, 0.3) is 0 Å². The van der Waals surface area contributed by atoms with Gasteiger partial charge in [-0.2, -0.15) is 0 Å². The first kappa shape index (κ1) is 19.9. The van der Waals surface area contributed by atoms with Crippen molar-refractivity contribution in [3.05, 3.63) is 29.8 Å². The highest BCUT2D eigenvalue weighted by Crippen LogP contribution is 2.20. The summed E-state index contributed by atoms with van der Waals surface area (Å²) in [4.78, 5) is 6.97. The quantitative estimate of drug-likeness (QED) is 0.560. The van der Waals surface area contributed by atoms with Gasteiger partial charge in [-0.3, -0.25) is 4.99 Å². The van der Waals surface area contributed by atoms with Crippen molar-refractivity contribution in [1.29, 1.82) is 0 Å². The molecule has 8 heteroatoms. The molecule has 1 aromatic carbocycles. The Morgan fingerprint density at radius 2 is 2.04 bits per heavy atom. The predicted molar refractivity (Wildman–Crippen MR) is 111 cm³/mol. The van der Waals surface area contributed by atoms with Gasteiger partial charge >= 0.3 is 0 Å². The van der Waals surface area contributed by atoms with E-state index in [0.717, 1.165) is 38.4 Å². The van der Waals surface area contributed by atoms with Crippen LogP contribution in [0.4, 0.5) is 5.69 Å². The molecule has 1 atom stereocenters. The van der Waals surface area contributed by atoms with Crippen LogP contribution in [0, 0.1) is 6.92 Å². The van der Waals surface area contributed by atoms with Crippen molar-refractivity contribution in [3.8, 4) is 0 Å². The maximum Gasteiger partial charge on any atom is 0.214 e. The minimum absolute atomic E-state index is 0.270. The molecule has 0 saturated carbocycles. The standard InChI is InChI=1S/C19H31N5O2S/c1-3-20-19(21-10-13-24-11-4-14-27(24,25)26)22-17-9-12-23(15-17)18-7-5-16(2)6-8-18/h5-8,17H,3-4,9-15H2,1-2H3,(H2,20,21,22). The number of aliphatic imine (C=N–C) groups is 1. The lowest BCUT2D eigenvalue weighted by atomic mass is 10.2. The predicted octanol–water partition coefficient (Wildman–Crippen LogP) is 1.16. The Kier molecular flexibility index (Phi) is 6.59. The smallest absolute Gasteiger partial charge is 0.214 e. The van der Waals surface area contributed by atoms with Crippen LogP contribution in [0.3, 0.4) is 0 Å². The highest BCUT2D eigenvalue weighted by atomic mass is 32.2. The molecule has 150 valence electrons. The van der Waals surface area contributed by atoms with Gasteiger partial charge in [-0.1, -0.05) is 17.7 Å². The molecule has 2 heterocycles. The third-order valence-corrected chi connectivity index (χ3v) is 7.05. The SMILES string of the molecule is CCNC(=NCCN1CCCS1(=O)=O)NC1CCN(c2ccc(C)cc2)C1. The molecule has 3 rings (SSSR count). The Morgan fingerprint density at radius 3 is 2.70 bits per heavy atom. The van der Waals surface area contributed by atoms with E-state index in [1.807, 2.05) is 6.92 Å². The van der Waals surface area contributed by atoms with Crippen molar-refractivity contribution in [2.75, 3.05) is 49.9 Å². The maximum atomic E-state index is 11.9. The molecular weight excluding hydrogens is 362 g/mol. The van der Waals surface area contributed by atoms with Gasteiger partial charge < -0.3 is 15.5 Å². The maximum absolute atomic E-state index is 11.9. The Bertz CT molecular complexity index is 748. The van der Waals surface area contributed by atoms with Crippen LogP contribution in [-0.4, -0.2) is 69.7 Å². The summed E-state index contributed by atoms with van der Waals surface area (Å²) in [6.45, 7) is 8.43. The molecule has 2 aliphatic rings. The third kappa shape index (κ3) is 5.35. The van der Waals surface area contributed by atoms with E-state index in [1.165, 1.54) is 11.3 Å². The summed E-state index contributed by atoms with van der Waals surface area (Å²) in [5, 5.41) is 6.77. The Hall–Kier alpha value is -1.80. The molecule has 2 N–H and O–H groups in total. The number of hydrogen-bond donors (Lipinski definition) is 2. The van der Waals surface area contributed by atoms with Gasteiger partial charge in [-0.05, 0) is 38.8 Å². The number of anilines is 1. The lowest BCUT2D eigenvalue weighted by molar-refractivity contribution is 0.451. The molecule has 1 aromatic rings. The van der Waals surface area contributed by atoms with E-state index in [9.17, 15) is 8.42 Å². The lowest BCUT2D eigenvalue weighted by Gasteiger charge is -2.21. The minimum atomic E-state index is -3.04. The topological polar surface area (TPSA) is 77.0 Å².